The number of rotatable bonds is 3. The van der Waals surface area contributed by atoms with Crippen molar-refractivity contribution in [3.63, 3.8) is 0 Å². The highest BCUT2D eigenvalue weighted by molar-refractivity contribution is 7.13. The Balaban J connectivity index is 1.79. The Bertz CT molecular complexity index is 944. The van der Waals surface area contributed by atoms with Crippen LogP contribution in [0.1, 0.15) is 24.3 Å². The van der Waals surface area contributed by atoms with Crippen LogP contribution < -0.4 is 0 Å². The SMILES string of the molecule is C[C@H]1CN(C(=O)c2cc(-c3cccs3)nn2-c2ccccc2Cl)C[C@H](C)O1. The third kappa shape index (κ3) is 3.65. The fourth-order valence-corrected chi connectivity index (χ4v) is 4.29. The monoisotopic (exact) mass is 401 g/mol. The molecule has 1 fully saturated rings. The third-order valence-corrected chi connectivity index (χ3v) is 5.70. The molecule has 1 aromatic carbocycles. The molecular formula is C20H20ClN3O2S. The molecule has 0 spiro atoms. The van der Waals surface area contributed by atoms with E-state index in [0.717, 1.165) is 10.6 Å². The second kappa shape index (κ2) is 7.46. The first-order valence-corrected chi connectivity index (χ1v) is 10.1. The maximum atomic E-state index is 13.3. The van der Waals surface area contributed by atoms with E-state index in [1.807, 2.05) is 60.5 Å². The summed E-state index contributed by atoms with van der Waals surface area (Å²) in [6, 6.07) is 13.2. The second-order valence-corrected chi connectivity index (χ2v) is 8.08. The topological polar surface area (TPSA) is 47.4 Å². The molecule has 3 heterocycles. The van der Waals surface area contributed by atoms with Crippen molar-refractivity contribution in [1.29, 1.82) is 0 Å². The van der Waals surface area contributed by atoms with Crippen LogP contribution >= 0.6 is 22.9 Å². The van der Waals surface area contributed by atoms with E-state index in [2.05, 4.69) is 0 Å². The highest BCUT2D eigenvalue weighted by Crippen LogP contribution is 2.29. The first-order chi connectivity index (χ1) is 13.0. The molecule has 140 valence electrons. The number of carbonyl (C=O) groups excluding carboxylic acids is 1. The lowest BCUT2D eigenvalue weighted by atomic mass is 10.2. The van der Waals surface area contributed by atoms with Crippen LogP contribution in [0.2, 0.25) is 5.02 Å². The van der Waals surface area contributed by atoms with Crippen molar-refractivity contribution in [1.82, 2.24) is 14.7 Å². The average molecular weight is 402 g/mol. The highest BCUT2D eigenvalue weighted by atomic mass is 35.5. The number of halogens is 1. The van der Waals surface area contributed by atoms with Crippen LogP contribution in [-0.4, -0.2) is 45.9 Å². The van der Waals surface area contributed by atoms with Gasteiger partial charge in [0.1, 0.15) is 11.4 Å². The molecule has 0 N–H and O–H groups in total. The molecule has 0 unspecified atom stereocenters. The van der Waals surface area contributed by atoms with Crippen LogP contribution in [0.4, 0.5) is 0 Å². The normalized spacial score (nSPS) is 20.0. The minimum Gasteiger partial charge on any atom is -0.372 e. The van der Waals surface area contributed by atoms with Gasteiger partial charge in [-0.25, -0.2) is 4.68 Å². The largest absolute Gasteiger partial charge is 0.372 e. The molecule has 1 aliphatic rings. The Morgan fingerprint density at radius 2 is 1.93 bits per heavy atom. The number of benzene rings is 1. The van der Waals surface area contributed by atoms with E-state index in [1.54, 1.807) is 22.1 Å². The zero-order valence-corrected chi connectivity index (χ0v) is 16.7. The number of nitrogens with zero attached hydrogens (tertiary/aromatic N) is 3. The standard InChI is InChI=1S/C20H20ClN3O2S/c1-13-11-23(12-14(2)26-13)20(25)18-10-16(19-8-5-9-27-19)22-24(18)17-7-4-3-6-15(17)21/h3-10,13-14H,11-12H2,1-2H3/t13-,14-/m0/s1. The Hall–Kier alpha value is -2.15. The maximum absolute atomic E-state index is 13.3. The van der Waals surface area contributed by atoms with Crippen molar-refractivity contribution in [2.24, 2.45) is 0 Å². The van der Waals surface area contributed by atoms with Gasteiger partial charge in [0.25, 0.3) is 5.91 Å². The molecule has 7 heteroatoms. The number of ether oxygens (including phenoxy) is 1. The third-order valence-electron chi connectivity index (χ3n) is 4.49. The van der Waals surface area contributed by atoms with Gasteiger partial charge in [0.2, 0.25) is 0 Å². The molecule has 0 bridgehead atoms. The van der Waals surface area contributed by atoms with Crippen LogP contribution in [-0.2, 0) is 4.74 Å². The fourth-order valence-electron chi connectivity index (χ4n) is 3.39. The highest BCUT2D eigenvalue weighted by Gasteiger charge is 2.29. The van der Waals surface area contributed by atoms with E-state index in [1.165, 1.54) is 0 Å². The van der Waals surface area contributed by atoms with Crippen molar-refractivity contribution >= 4 is 28.8 Å². The van der Waals surface area contributed by atoms with E-state index >= 15 is 0 Å². The lowest BCUT2D eigenvalue weighted by molar-refractivity contribution is -0.0588. The number of hydrogen-bond acceptors (Lipinski definition) is 4. The number of amides is 1. The number of hydrogen-bond donors (Lipinski definition) is 0. The molecule has 1 saturated heterocycles. The first kappa shape index (κ1) is 18.2. The van der Waals surface area contributed by atoms with Crippen molar-refractivity contribution in [3.05, 3.63) is 58.6 Å². The minimum atomic E-state index is -0.0628. The summed E-state index contributed by atoms with van der Waals surface area (Å²) in [5.74, 6) is -0.0628. The quantitative estimate of drug-likeness (QED) is 0.649. The Labute approximate surface area is 167 Å². The molecule has 1 aliphatic heterocycles. The zero-order chi connectivity index (χ0) is 19.0. The zero-order valence-electron chi connectivity index (χ0n) is 15.1. The predicted octanol–water partition coefficient (Wildman–Crippen LogP) is 4.50. The Morgan fingerprint density at radius 3 is 2.59 bits per heavy atom. The number of morpholine rings is 1. The van der Waals surface area contributed by atoms with Gasteiger partial charge in [-0.3, -0.25) is 4.79 Å². The summed E-state index contributed by atoms with van der Waals surface area (Å²) in [4.78, 5) is 16.2. The fraction of sp³-hybridized carbons (Fsp3) is 0.300. The molecule has 2 atom stereocenters. The summed E-state index contributed by atoms with van der Waals surface area (Å²) in [7, 11) is 0. The van der Waals surface area contributed by atoms with Crippen molar-refractivity contribution in [2.75, 3.05) is 13.1 Å². The van der Waals surface area contributed by atoms with Crippen molar-refractivity contribution < 1.29 is 9.53 Å². The van der Waals surface area contributed by atoms with Gasteiger partial charge in [0.15, 0.2) is 0 Å². The molecule has 5 nitrogen and oxygen atoms in total. The summed E-state index contributed by atoms with van der Waals surface area (Å²) in [5.41, 5.74) is 1.97. The lowest BCUT2D eigenvalue weighted by Crippen LogP contribution is -2.48. The summed E-state index contributed by atoms with van der Waals surface area (Å²) in [5, 5.41) is 7.25. The van der Waals surface area contributed by atoms with Gasteiger partial charge in [-0.1, -0.05) is 29.8 Å². The molecule has 0 radical (unpaired) electrons. The summed E-state index contributed by atoms with van der Waals surface area (Å²) >= 11 is 7.99. The number of aromatic nitrogens is 2. The Morgan fingerprint density at radius 1 is 1.19 bits per heavy atom. The van der Waals surface area contributed by atoms with Gasteiger partial charge in [-0.05, 0) is 43.5 Å². The first-order valence-electron chi connectivity index (χ1n) is 8.86. The van der Waals surface area contributed by atoms with Crippen molar-refractivity contribution in [3.8, 4) is 16.3 Å². The smallest absolute Gasteiger partial charge is 0.272 e. The predicted molar refractivity (Wildman–Crippen MR) is 108 cm³/mol. The van der Waals surface area contributed by atoms with E-state index < -0.39 is 0 Å². The molecule has 4 rings (SSSR count). The van der Waals surface area contributed by atoms with Crippen LogP contribution in [0.15, 0.2) is 47.8 Å². The molecule has 3 aromatic rings. The molecule has 27 heavy (non-hydrogen) atoms. The summed E-state index contributed by atoms with van der Waals surface area (Å²) in [6.07, 6.45) is 0.0114. The van der Waals surface area contributed by atoms with Gasteiger partial charge < -0.3 is 9.64 Å². The molecular weight excluding hydrogens is 382 g/mol. The lowest BCUT2D eigenvalue weighted by Gasteiger charge is -2.35. The van der Waals surface area contributed by atoms with Gasteiger partial charge in [-0.2, -0.15) is 5.10 Å². The van der Waals surface area contributed by atoms with E-state index in [-0.39, 0.29) is 18.1 Å². The van der Waals surface area contributed by atoms with E-state index in [0.29, 0.717) is 29.5 Å². The molecule has 2 aromatic heterocycles. The van der Waals surface area contributed by atoms with Gasteiger partial charge in [0, 0.05) is 13.1 Å². The van der Waals surface area contributed by atoms with E-state index in [9.17, 15) is 4.79 Å². The van der Waals surface area contributed by atoms with E-state index in [4.69, 9.17) is 21.4 Å². The molecule has 0 aliphatic carbocycles. The van der Waals surface area contributed by atoms with Gasteiger partial charge in [0.05, 0.1) is 27.8 Å². The summed E-state index contributed by atoms with van der Waals surface area (Å²) in [6.45, 7) is 5.09. The van der Waals surface area contributed by atoms with Crippen LogP contribution in [0.25, 0.3) is 16.3 Å². The van der Waals surface area contributed by atoms with Crippen LogP contribution in [0.5, 0.6) is 0 Å². The number of para-hydroxylation sites is 1. The summed E-state index contributed by atoms with van der Waals surface area (Å²) < 4.78 is 7.42. The van der Waals surface area contributed by atoms with Gasteiger partial charge >= 0.3 is 0 Å². The van der Waals surface area contributed by atoms with Crippen LogP contribution in [0, 0.1) is 0 Å². The van der Waals surface area contributed by atoms with Gasteiger partial charge in [-0.15, -0.1) is 11.3 Å². The van der Waals surface area contributed by atoms with Crippen molar-refractivity contribution in [2.45, 2.75) is 26.1 Å². The second-order valence-electron chi connectivity index (χ2n) is 6.72. The number of thiophene rings is 1. The average Bonchev–Trinajstić information content (AvgIpc) is 3.30. The minimum absolute atomic E-state index is 0.00570. The maximum Gasteiger partial charge on any atom is 0.272 e. The Kier molecular flexibility index (Phi) is 5.04. The molecule has 1 amide bonds. The molecule has 0 saturated carbocycles. The van der Waals surface area contributed by atoms with Crippen LogP contribution in [0.3, 0.4) is 0 Å². The number of carbonyl (C=O) groups is 1.